The number of carbonyl (C=O) groups is 1. The Morgan fingerprint density at radius 3 is 2.52 bits per heavy atom. The highest BCUT2D eigenvalue weighted by Crippen LogP contribution is 2.20. The summed E-state index contributed by atoms with van der Waals surface area (Å²) >= 11 is 0. The van der Waals surface area contributed by atoms with E-state index in [0.29, 0.717) is 18.0 Å². The van der Waals surface area contributed by atoms with Gasteiger partial charge in [0.05, 0.1) is 4.90 Å². The summed E-state index contributed by atoms with van der Waals surface area (Å²) in [5.74, 6) is 0.363. The fourth-order valence-electron chi connectivity index (χ4n) is 2.65. The molecule has 1 aliphatic rings. The second kappa shape index (κ2) is 7.45. The number of aryl methyl sites for hydroxylation is 1. The molecule has 5 nitrogen and oxygen atoms in total. The van der Waals surface area contributed by atoms with Gasteiger partial charge in [-0.15, -0.1) is 0 Å². The molecule has 0 aliphatic carbocycles. The average Bonchev–Trinajstić information content (AvgIpc) is 3.00. The second-order valence-corrected chi connectivity index (χ2v) is 8.32. The zero-order chi connectivity index (χ0) is 17.0. The van der Waals surface area contributed by atoms with E-state index in [9.17, 15) is 13.2 Å². The molecule has 0 atom stereocenters. The highest BCUT2D eigenvalue weighted by molar-refractivity contribution is 7.89. The largest absolute Gasteiger partial charge is 0.339 e. The summed E-state index contributed by atoms with van der Waals surface area (Å²) < 4.78 is 27.4. The van der Waals surface area contributed by atoms with Gasteiger partial charge in [-0.25, -0.2) is 13.1 Å². The zero-order valence-corrected chi connectivity index (χ0v) is 14.9. The summed E-state index contributed by atoms with van der Waals surface area (Å²) in [6.45, 7) is 7.85. The fourth-order valence-corrected chi connectivity index (χ4v) is 3.73. The Labute approximate surface area is 139 Å². The molecule has 1 heterocycles. The van der Waals surface area contributed by atoms with E-state index in [-0.39, 0.29) is 10.8 Å². The Balaban J connectivity index is 2.20. The Morgan fingerprint density at radius 1 is 1.26 bits per heavy atom. The zero-order valence-electron chi connectivity index (χ0n) is 14.1. The van der Waals surface area contributed by atoms with Gasteiger partial charge in [0.15, 0.2) is 0 Å². The second-order valence-electron chi connectivity index (χ2n) is 6.56. The predicted molar refractivity (Wildman–Crippen MR) is 91.0 cm³/mol. The van der Waals surface area contributed by atoms with Crippen LogP contribution in [0.15, 0.2) is 23.1 Å². The molecule has 128 valence electrons. The van der Waals surface area contributed by atoms with Crippen molar-refractivity contribution >= 4 is 15.9 Å². The van der Waals surface area contributed by atoms with Crippen LogP contribution in [0, 0.1) is 12.8 Å². The number of hydrogen-bond donors (Lipinski definition) is 1. The van der Waals surface area contributed by atoms with Gasteiger partial charge >= 0.3 is 0 Å². The fraction of sp³-hybridized carbons (Fsp3) is 0.588. The molecule has 0 saturated carbocycles. The third kappa shape index (κ3) is 4.54. The molecule has 1 saturated heterocycles. The van der Waals surface area contributed by atoms with Crippen molar-refractivity contribution in [1.29, 1.82) is 0 Å². The highest BCUT2D eigenvalue weighted by Gasteiger charge is 2.23. The van der Waals surface area contributed by atoms with E-state index in [2.05, 4.69) is 4.72 Å². The first-order chi connectivity index (χ1) is 10.8. The summed E-state index contributed by atoms with van der Waals surface area (Å²) in [5, 5.41) is 0. The standard InChI is InChI=1S/C17H26N2O3S/c1-13(2)8-9-18-23(21,22)15-7-6-14(3)16(12-15)17(20)19-10-4-5-11-19/h6-7,12-13,18H,4-5,8-11H2,1-3H3. The van der Waals surface area contributed by atoms with Gasteiger partial charge in [0, 0.05) is 25.2 Å². The molecule has 1 aromatic carbocycles. The molecular weight excluding hydrogens is 312 g/mol. The van der Waals surface area contributed by atoms with E-state index in [1.807, 2.05) is 20.8 Å². The van der Waals surface area contributed by atoms with Crippen LogP contribution in [0.3, 0.4) is 0 Å². The SMILES string of the molecule is Cc1ccc(S(=O)(=O)NCCC(C)C)cc1C(=O)N1CCCC1. The quantitative estimate of drug-likeness (QED) is 0.867. The maximum atomic E-state index is 12.6. The van der Waals surface area contributed by atoms with Gasteiger partial charge in [-0.2, -0.15) is 0 Å². The highest BCUT2D eigenvalue weighted by atomic mass is 32.2. The molecule has 1 aliphatic heterocycles. The lowest BCUT2D eigenvalue weighted by molar-refractivity contribution is 0.0792. The minimum atomic E-state index is -3.57. The topological polar surface area (TPSA) is 66.5 Å². The number of hydrogen-bond acceptors (Lipinski definition) is 3. The third-order valence-corrected chi connectivity index (χ3v) is 5.62. The van der Waals surface area contributed by atoms with Gasteiger partial charge < -0.3 is 4.90 Å². The van der Waals surface area contributed by atoms with E-state index < -0.39 is 10.0 Å². The van der Waals surface area contributed by atoms with Gasteiger partial charge in [-0.05, 0) is 49.8 Å². The molecule has 0 aromatic heterocycles. The molecule has 1 N–H and O–H groups in total. The van der Waals surface area contributed by atoms with Crippen molar-refractivity contribution in [3.8, 4) is 0 Å². The smallest absolute Gasteiger partial charge is 0.254 e. The number of rotatable bonds is 6. The molecular formula is C17H26N2O3S. The van der Waals surface area contributed by atoms with Crippen molar-refractivity contribution in [1.82, 2.24) is 9.62 Å². The summed E-state index contributed by atoms with van der Waals surface area (Å²) in [6.07, 6.45) is 2.81. The molecule has 0 bridgehead atoms. The molecule has 0 radical (unpaired) electrons. The molecule has 0 spiro atoms. The Bertz CT molecular complexity index is 662. The van der Waals surface area contributed by atoms with Crippen LogP contribution in [-0.4, -0.2) is 38.9 Å². The van der Waals surface area contributed by atoms with Gasteiger partial charge in [0.2, 0.25) is 10.0 Å². The Morgan fingerprint density at radius 2 is 1.91 bits per heavy atom. The van der Waals surface area contributed by atoms with Crippen LogP contribution >= 0.6 is 0 Å². The van der Waals surface area contributed by atoms with Crippen LogP contribution < -0.4 is 4.72 Å². The van der Waals surface area contributed by atoms with Crippen LogP contribution in [0.25, 0.3) is 0 Å². The van der Waals surface area contributed by atoms with Crippen LogP contribution in [0.5, 0.6) is 0 Å². The first-order valence-corrected chi connectivity index (χ1v) is 9.69. The lowest BCUT2D eigenvalue weighted by atomic mass is 10.1. The summed E-state index contributed by atoms with van der Waals surface area (Å²) in [5.41, 5.74) is 1.29. The third-order valence-electron chi connectivity index (χ3n) is 4.16. The normalized spacial score (nSPS) is 15.4. The van der Waals surface area contributed by atoms with Gasteiger partial charge in [0.1, 0.15) is 0 Å². The number of sulfonamides is 1. The predicted octanol–water partition coefficient (Wildman–Crippen LogP) is 2.56. The van der Waals surface area contributed by atoms with E-state index >= 15 is 0 Å². The van der Waals surface area contributed by atoms with Crippen molar-refractivity contribution in [2.45, 2.75) is 44.9 Å². The first-order valence-electron chi connectivity index (χ1n) is 8.21. The summed E-state index contributed by atoms with van der Waals surface area (Å²) in [4.78, 5) is 14.5. The molecule has 6 heteroatoms. The van der Waals surface area contributed by atoms with Crippen LogP contribution in [0.1, 0.15) is 49.0 Å². The number of amides is 1. The van der Waals surface area contributed by atoms with Gasteiger partial charge in [-0.3, -0.25) is 4.79 Å². The molecule has 0 unspecified atom stereocenters. The summed E-state index contributed by atoms with van der Waals surface area (Å²) in [7, 11) is -3.57. The number of carbonyl (C=O) groups excluding carboxylic acids is 1. The molecule has 2 rings (SSSR count). The molecule has 1 aromatic rings. The monoisotopic (exact) mass is 338 g/mol. The van der Waals surface area contributed by atoms with Crippen molar-refractivity contribution in [3.05, 3.63) is 29.3 Å². The minimum Gasteiger partial charge on any atom is -0.339 e. The van der Waals surface area contributed by atoms with E-state index in [4.69, 9.17) is 0 Å². The number of nitrogens with zero attached hydrogens (tertiary/aromatic N) is 1. The van der Waals surface area contributed by atoms with Crippen LogP contribution in [0.2, 0.25) is 0 Å². The van der Waals surface area contributed by atoms with Crippen molar-refractivity contribution in [2.75, 3.05) is 19.6 Å². The molecule has 1 amide bonds. The maximum Gasteiger partial charge on any atom is 0.254 e. The van der Waals surface area contributed by atoms with E-state index in [0.717, 1.165) is 37.9 Å². The van der Waals surface area contributed by atoms with Crippen LogP contribution in [0.4, 0.5) is 0 Å². The molecule has 23 heavy (non-hydrogen) atoms. The van der Waals surface area contributed by atoms with Crippen molar-refractivity contribution in [3.63, 3.8) is 0 Å². The van der Waals surface area contributed by atoms with E-state index in [1.165, 1.54) is 6.07 Å². The lowest BCUT2D eigenvalue weighted by Gasteiger charge is -2.17. The first kappa shape index (κ1) is 17.9. The average molecular weight is 338 g/mol. The van der Waals surface area contributed by atoms with Crippen LogP contribution in [-0.2, 0) is 10.0 Å². The van der Waals surface area contributed by atoms with E-state index in [1.54, 1.807) is 17.0 Å². The number of nitrogens with one attached hydrogen (secondary N) is 1. The van der Waals surface area contributed by atoms with Crippen molar-refractivity contribution in [2.24, 2.45) is 5.92 Å². The summed E-state index contributed by atoms with van der Waals surface area (Å²) in [6, 6.07) is 4.78. The number of benzene rings is 1. The lowest BCUT2D eigenvalue weighted by Crippen LogP contribution is -2.29. The minimum absolute atomic E-state index is 0.0702. The maximum absolute atomic E-state index is 12.6. The van der Waals surface area contributed by atoms with Gasteiger partial charge in [-0.1, -0.05) is 19.9 Å². The Hall–Kier alpha value is -1.40. The van der Waals surface area contributed by atoms with Crippen molar-refractivity contribution < 1.29 is 13.2 Å². The number of likely N-dealkylation sites (tertiary alicyclic amines) is 1. The Kier molecular flexibility index (Phi) is 5.81. The molecule has 1 fully saturated rings. The van der Waals surface area contributed by atoms with Gasteiger partial charge in [0.25, 0.3) is 5.91 Å².